The van der Waals surface area contributed by atoms with Crippen LogP contribution < -0.4 is 4.72 Å². The summed E-state index contributed by atoms with van der Waals surface area (Å²) in [5.41, 5.74) is -0.156. The fourth-order valence-corrected chi connectivity index (χ4v) is 3.71. The maximum atomic E-state index is 12.2. The van der Waals surface area contributed by atoms with Gasteiger partial charge in [0.2, 0.25) is 11.0 Å². The minimum absolute atomic E-state index is 0.0604. The number of fused-ring (bicyclic) bond motifs is 1. The van der Waals surface area contributed by atoms with Crippen LogP contribution in [-0.2, 0) is 14.8 Å². The molecule has 1 fully saturated rings. The molecule has 0 bridgehead atoms. The Morgan fingerprint density at radius 1 is 1.38 bits per heavy atom. The van der Waals surface area contributed by atoms with Gasteiger partial charge >= 0.3 is 0 Å². The number of para-hydroxylation sites is 1. The number of furan rings is 1. The third-order valence-electron chi connectivity index (χ3n) is 3.77. The molecule has 1 aromatic carbocycles. The highest BCUT2D eigenvalue weighted by Gasteiger charge is 2.46. The van der Waals surface area contributed by atoms with Crippen molar-refractivity contribution in [2.45, 2.75) is 12.0 Å². The van der Waals surface area contributed by atoms with Crippen molar-refractivity contribution in [3.8, 4) is 0 Å². The zero-order valence-corrected chi connectivity index (χ0v) is 12.6. The summed E-state index contributed by atoms with van der Waals surface area (Å²) in [5, 5.41) is 0.593. The number of hydrogen-bond acceptors (Lipinski definition) is 4. The molecule has 1 aliphatic rings. The van der Waals surface area contributed by atoms with E-state index in [1.807, 2.05) is 6.07 Å². The Hall–Kier alpha value is -1.86. The van der Waals surface area contributed by atoms with Crippen LogP contribution in [0.3, 0.4) is 0 Å². The van der Waals surface area contributed by atoms with Crippen LogP contribution in [0.5, 0.6) is 0 Å². The SMILES string of the molecule is CN1CC(C)(CNS(=O)(=O)c2cc3ccccc3o2)C1=O. The van der Waals surface area contributed by atoms with Gasteiger partial charge in [0.25, 0.3) is 10.0 Å². The average molecular weight is 308 g/mol. The zero-order valence-electron chi connectivity index (χ0n) is 11.8. The van der Waals surface area contributed by atoms with Crippen LogP contribution in [0.25, 0.3) is 11.0 Å². The second-order valence-electron chi connectivity index (χ2n) is 5.65. The maximum Gasteiger partial charge on any atom is 0.274 e. The van der Waals surface area contributed by atoms with E-state index in [0.717, 1.165) is 5.39 Å². The lowest BCUT2D eigenvalue weighted by atomic mass is 9.81. The number of sulfonamides is 1. The van der Waals surface area contributed by atoms with Crippen molar-refractivity contribution in [2.24, 2.45) is 5.41 Å². The molecular formula is C14H16N2O4S. The number of hydrogen-bond donors (Lipinski definition) is 1. The summed E-state index contributed by atoms with van der Waals surface area (Å²) in [5.74, 6) is -0.0604. The number of amides is 1. The van der Waals surface area contributed by atoms with Gasteiger partial charge in [0.1, 0.15) is 5.58 Å². The Labute approximate surface area is 122 Å². The number of β-lactam (4-membered cyclic amide) rings is 1. The number of benzene rings is 1. The molecule has 2 heterocycles. The van der Waals surface area contributed by atoms with Crippen molar-refractivity contribution in [3.63, 3.8) is 0 Å². The van der Waals surface area contributed by atoms with Gasteiger partial charge in [-0.15, -0.1) is 0 Å². The smallest absolute Gasteiger partial charge is 0.274 e. The second kappa shape index (κ2) is 4.57. The first-order valence-electron chi connectivity index (χ1n) is 6.56. The van der Waals surface area contributed by atoms with Crippen molar-refractivity contribution in [2.75, 3.05) is 20.1 Å². The molecule has 3 rings (SSSR count). The van der Waals surface area contributed by atoms with Crippen LogP contribution in [0.4, 0.5) is 0 Å². The fourth-order valence-electron chi connectivity index (χ4n) is 2.58. The van der Waals surface area contributed by atoms with Gasteiger partial charge in [0, 0.05) is 31.6 Å². The zero-order chi connectivity index (χ0) is 15.3. The standard InChI is InChI=1S/C14H16N2O4S/c1-14(9-16(2)13(14)17)8-15-21(18,19)12-7-10-5-3-4-6-11(10)20-12/h3-7,15H,8-9H2,1-2H3. The molecule has 0 saturated carbocycles. The number of nitrogens with zero attached hydrogens (tertiary/aromatic N) is 1. The first kappa shape index (κ1) is 14.1. The third kappa shape index (κ3) is 2.32. The fraction of sp³-hybridized carbons (Fsp3) is 0.357. The molecule has 112 valence electrons. The highest BCUT2D eigenvalue weighted by molar-refractivity contribution is 7.89. The van der Waals surface area contributed by atoms with Gasteiger partial charge in [-0.1, -0.05) is 18.2 Å². The van der Waals surface area contributed by atoms with Crippen molar-refractivity contribution in [3.05, 3.63) is 30.3 Å². The molecule has 21 heavy (non-hydrogen) atoms. The lowest BCUT2D eigenvalue weighted by Gasteiger charge is -2.44. The number of carbonyl (C=O) groups is 1. The first-order valence-corrected chi connectivity index (χ1v) is 8.04. The molecule has 0 radical (unpaired) electrons. The van der Waals surface area contributed by atoms with Gasteiger partial charge in [0.15, 0.2) is 0 Å². The van der Waals surface area contributed by atoms with E-state index in [0.29, 0.717) is 12.1 Å². The van der Waals surface area contributed by atoms with E-state index >= 15 is 0 Å². The molecule has 1 aliphatic heterocycles. The molecule has 1 atom stereocenters. The highest BCUT2D eigenvalue weighted by Crippen LogP contribution is 2.30. The van der Waals surface area contributed by atoms with E-state index in [2.05, 4.69) is 4.72 Å². The van der Waals surface area contributed by atoms with Gasteiger partial charge in [-0.3, -0.25) is 4.79 Å². The van der Waals surface area contributed by atoms with Gasteiger partial charge in [0.05, 0.1) is 5.41 Å². The molecular weight excluding hydrogens is 292 g/mol. The summed E-state index contributed by atoms with van der Waals surface area (Å²) in [6.45, 7) is 2.35. The summed E-state index contributed by atoms with van der Waals surface area (Å²) in [4.78, 5) is 13.3. The monoisotopic (exact) mass is 308 g/mol. The number of likely N-dealkylation sites (tertiary alicyclic amines) is 1. The summed E-state index contributed by atoms with van der Waals surface area (Å²) < 4.78 is 32.3. The van der Waals surface area contributed by atoms with Gasteiger partial charge in [-0.2, -0.15) is 0 Å². The average Bonchev–Trinajstić information content (AvgIpc) is 2.90. The molecule has 7 heteroatoms. The lowest BCUT2D eigenvalue weighted by Crippen LogP contribution is -2.62. The van der Waals surface area contributed by atoms with Crippen LogP contribution in [0, 0.1) is 5.41 Å². The van der Waals surface area contributed by atoms with Gasteiger partial charge in [-0.25, -0.2) is 13.1 Å². The Kier molecular flexibility index (Phi) is 3.07. The van der Waals surface area contributed by atoms with Crippen LogP contribution in [0.2, 0.25) is 0 Å². The normalized spacial score (nSPS) is 22.6. The molecule has 1 N–H and O–H groups in total. The molecule has 1 aromatic heterocycles. The summed E-state index contributed by atoms with van der Waals surface area (Å²) >= 11 is 0. The Bertz CT molecular complexity index is 778. The van der Waals surface area contributed by atoms with E-state index in [9.17, 15) is 13.2 Å². The maximum absolute atomic E-state index is 12.2. The Balaban J connectivity index is 1.79. The number of carbonyl (C=O) groups excluding carboxylic acids is 1. The highest BCUT2D eigenvalue weighted by atomic mass is 32.2. The van der Waals surface area contributed by atoms with Crippen molar-refractivity contribution in [1.29, 1.82) is 0 Å². The first-order chi connectivity index (χ1) is 9.82. The summed E-state index contributed by atoms with van der Waals surface area (Å²) in [7, 11) is -2.07. The van der Waals surface area contributed by atoms with Crippen LogP contribution in [0.15, 0.2) is 39.8 Å². The molecule has 0 spiro atoms. The van der Waals surface area contributed by atoms with Crippen LogP contribution in [-0.4, -0.2) is 39.4 Å². The van der Waals surface area contributed by atoms with Crippen molar-refractivity contribution in [1.82, 2.24) is 9.62 Å². The van der Waals surface area contributed by atoms with E-state index in [1.54, 1.807) is 37.1 Å². The topological polar surface area (TPSA) is 79.6 Å². The summed E-state index contributed by atoms with van der Waals surface area (Å²) in [6.07, 6.45) is 0. The number of nitrogens with one attached hydrogen (secondary N) is 1. The van der Waals surface area contributed by atoms with E-state index in [-0.39, 0.29) is 17.5 Å². The van der Waals surface area contributed by atoms with Crippen LogP contribution in [0.1, 0.15) is 6.92 Å². The van der Waals surface area contributed by atoms with Gasteiger partial charge in [-0.05, 0) is 13.0 Å². The van der Waals surface area contributed by atoms with Gasteiger partial charge < -0.3 is 9.32 Å². The van der Waals surface area contributed by atoms with E-state index in [4.69, 9.17) is 4.42 Å². The predicted molar refractivity (Wildman–Crippen MR) is 77.1 cm³/mol. The largest absolute Gasteiger partial charge is 0.443 e. The summed E-state index contributed by atoms with van der Waals surface area (Å²) in [6, 6.07) is 8.56. The minimum Gasteiger partial charge on any atom is -0.443 e. The molecule has 6 nitrogen and oxygen atoms in total. The van der Waals surface area contributed by atoms with Crippen LogP contribution >= 0.6 is 0 Å². The van der Waals surface area contributed by atoms with Crippen molar-refractivity contribution < 1.29 is 17.6 Å². The Morgan fingerprint density at radius 2 is 2.10 bits per heavy atom. The van der Waals surface area contributed by atoms with Crippen molar-refractivity contribution >= 4 is 26.9 Å². The minimum atomic E-state index is -3.76. The predicted octanol–water partition coefficient (Wildman–Crippen LogP) is 1.19. The third-order valence-corrected chi connectivity index (χ3v) is 5.02. The molecule has 1 unspecified atom stereocenters. The molecule has 0 aliphatic carbocycles. The molecule has 2 aromatic rings. The van der Waals surface area contributed by atoms with E-state index in [1.165, 1.54) is 6.07 Å². The lowest BCUT2D eigenvalue weighted by molar-refractivity contribution is -0.154. The molecule has 1 saturated heterocycles. The molecule has 1 amide bonds. The quantitative estimate of drug-likeness (QED) is 0.860. The van der Waals surface area contributed by atoms with E-state index < -0.39 is 15.4 Å². The second-order valence-corrected chi connectivity index (χ2v) is 7.35. The Morgan fingerprint density at radius 3 is 2.71 bits per heavy atom. The number of rotatable bonds is 4.